The molecule has 0 aromatic carbocycles. The Hall–Kier alpha value is -0.890. The van der Waals surface area contributed by atoms with Crippen LogP contribution < -0.4 is 5.73 Å². The second-order valence-corrected chi connectivity index (χ2v) is 2.65. The zero-order valence-electron chi connectivity index (χ0n) is 5.95. The Morgan fingerprint density at radius 1 is 1.60 bits per heavy atom. The Morgan fingerprint density at radius 2 is 2.30 bits per heavy atom. The highest BCUT2D eigenvalue weighted by Gasteiger charge is 2.27. The first-order chi connectivity index (χ1) is 4.69. The van der Waals surface area contributed by atoms with E-state index in [9.17, 15) is 4.79 Å². The lowest BCUT2D eigenvalue weighted by atomic mass is 9.84. The van der Waals surface area contributed by atoms with E-state index in [0.29, 0.717) is 0 Å². The monoisotopic (exact) mass is 137 g/mol. The van der Waals surface area contributed by atoms with Gasteiger partial charge in [0.25, 0.3) is 0 Å². The van der Waals surface area contributed by atoms with Crippen LogP contribution in [-0.4, -0.2) is 11.8 Å². The summed E-state index contributed by atoms with van der Waals surface area (Å²) in [7, 11) is 0. The molecule has 1 aliphatic carbocycles. The van der Waals surface area contributed by atoms with Gasteiger partial charge in [-0.15, -0.1) is 0 Å². The van der Waals surface area contributed by atoms with Gasteiger partial charge in [0.1, 0.15) is 6.29 Å². The molecule has 1 rings (SSSR count). The molecule has 1 aliphatic rings. The maximum Gasteiger partial charge on any atom is 0.144 e. The van der Waals surface area contributed by atoms with Crippen molar-refractivity contribution in [3.63, 3.8) is 0 Å². The van der Waals surface area contributed by atoms with Crippen molar-refractivity contribution in [1.29, 1.82) is 0 Å². The molecule has 0 fully saturated rings. The van der Waals surface area contributed by atoms with E-state index >= 15 is 0 Å². The molecule has 0 amide bonds. The highest BCUT2D eigenvalue weighted by Crippen LogP contribution is 2.18. The first-order valence-electron chi connectivity index (χ1n) is 3.30. The van der Waals surface area contributed by atoms with Gasteiger partial charge in [-0.1, -0.05) is 31.2 Å². The number of hydrogen-bond donors (Lipinski definition) is 1. The third kappa shape index (κ3) is 1.02. The van der Waals surface area contributed by atoms with Gasteiger partial charge in [0, 0.05) is 5.92 Å². The van der Waals surface area contributed by atoms with E-state index in [1.165, 1.54) is 0 Å². The van der Waals surface area contributed by atoms with E-state index < -0.39 is 5.54 Å². The number of nitrogens with two attached hydrogens (primary N) is 1. The average molecular weight is 137 g/mol. The van der Waals surface area contributed by atoms with Crippen molar-refractivity contribution < 1.29 is 4.79 Å². The Kier molecular flexibility index (Phi) is 1.72. The lowest BCUT2D eigenvalue weighted by Crippen LogP contribution is -2.45. The summed E-state index contributed by atoms with van der Waals surface area (Å²) in [5.41, 5.74) is 4.93. The maximum absolute atomic E-state index is 10.5. The molecule has 0 spiro atoms. The molecular formula is C8H11NO. The zero-order chi connectivity index (χ0) is 7.61. The van der Waals surface area contributed by atoms with Gasteiger partial charge in [-0.05, 0) is 0 Å². The number of aldehydes is 1. The van der Waals surface area contributed by atoms with Gasteiger partial charge in [-0.2, -0.15) is 0 Å². The first kappa shape index (κ1) is 7.22. The summed E-state index contributed by atoms with van der Waals surface area (Å²) in [5.74, 6) is 0.106. The molecule has 54 valence electrons. The van der Waals surface area contributed by atoms with Crippen LogP contribution in [0.1, 0.15) is 6.92 Å². The second-order valence-electron chi connectivity index (χ2n) is 2.65. The van der Waals surface area contributed by atoms with Gasteiger partial charge in [-0.3, -0.25) is 0 Å². The van der Waals surface area contributed by atoms with Crippen LogP contribution in [0.4, 0.5) is 0 Å². The van der Waals surface area contributed by atoms with Crippen LogP contribution in [0.3, 0.4) is 0 Å². The number of carbonyl (C=O) groups is 1. The Bertz CT molecular complexity index is 195. The van der Waals surface area contributed by atoms with E-state index in [-0.39, 0.29) is 5.92 Å². The highest BCUT2D eigenvalue weighted by molar-refractivity contribution is 5.69. The molecule has 2 heteroatoms. The Labute approximate surface area is 60.4 Å². The molecule has 0 aromatic rings. The van der Waals surface area contributed by atoms with Gasteiger partial charge in [0.2, 0.25) is 0 Å². The summed E-state index contributed by atoms with van der Waals surface area (Å²) in [5, 5.41) is 0. The van der Waals surface area contributed by atoms with Crippen molar-refractivity contribution >= 4 is 6.29 Å². The third-order valence-electron chi connectivity index (χ3n) is 1.89. The van der Waals surface area contributed by atoms with Crippen LogP contribution in [0.2, 0.25) is 0 Å². The van der Waals surface area contributed by atoms with Crippen molar-refractivity contribution in [2.45, 2.75) is 12.5 Å². The van der Waals surface area contributed by atoms with Gasteiger partial charge >= 0.3 is 0 Å². The smallest absolute Gasteiger partial charge is 0.144 e. The van der Waals surface area contributed by atoms with Crippen LogP contribution in [0, 0.1) is 5.92 Å². The molecule has 0 heterocycles. The van der Waals surface area contributed by atoms with Gasteiger partial charge in [-0.25, -0.2) is 0 Å². The summed E-state index contributed by atoms with van der Waals surface area (Å²) in [6.45, 7) is 1.92. The molecule has 2 N–H and O–H groups in total. The molecule has 10 heavy (non-hydrogen) atoms. The standard InChI is InChI=1S/C8H11NO/c1-7-4-2-3-5-8(7,9)6-10/h2-7H,9H2,1H3. The van der Waals surface area contributed by atoms with Crippen LogP contribution in [-0.2, 0) is 4.79 Å². The molecule has 2 atom stereocenters. The lowest BCUT2D eigenvalue weighted by Gasteiger charge is -2.25. The minimum atomic E-state index is -0.769. The summed E-state index contributed by atoms with van der Waals surface area (Å²) >= 11 is 0. The van der Waals surface area contributed by atoms with E-state index in [1.54, 1.807) is 12.2 Å². The molecule has 0 radical (unpaired) electrons. The van der Waals surface area contributed by atoms with Crippen molar-refractivity contribution in [2.24, 2.45) is 11.7 Å². The molecule has 0 saturated carbocycles. The lowest BCUT2D eigenvalue weighted by molar-refractivity contribution is -0.111. The molecule has 2 unspecified atom stereocenters. The maximum atomic E-state index is 10.5. The van der Waals surface area contributed by atoms with Crippen LogP contribution in [0.25, 0.3) is 0 Å². The molecule has 2 nitrogen and oxygen atoms in total. The van der Waals surface area contributed by atoms with Crippen LogP contribution >= 0.6 is 0 Å². The number of hydrogen-bond acceptors (Lipinski definition) is 2. The van der Waals surface area contributed by atoms with Crippen LogP contribution in [0.5, 0.6) is 0 Å². The third-order valence-corrected chi connectivity index (χ3v) is 1.89. The molecule has 0 saturated heterocycles. The minimum absolute atomic E-state index is 0.106. The largest absolute Gasteiger partial charge is 0.316 e. The summed E-state index contributed by atoms with van der Waals surface area (Å²) in [4.78, 5) is 10.5. The van der Waals surface area contributed by atoms with Crippen molar-refractivity contribution in [3.05, 3.63) is 24.3 Å². The number of carbonyl (C=O) groups excluding carboxylic acids is 1. The van der Waals surface area contributed by atoms with Crippen molar-refractivity contribution in [3.8, 4) is 0 Å². The number of allylic oxidation sites excluding steroid dienone is 2. The van der Waals surface area contributed by atoms with E-state index in [1.807, 2.05) is 19.1 Å². The SMILES string of the molecule is CC1C=CC=CC1(N)C=O. The highest BCUT2D eigenvalue weighted by atomic mass is 16.1. The summed E-state index contributed by atoms with van der Waals surface area (Å²) in [6, 6.07) is 0. The number of rotatable bonds is 1. The molecular weight excluding hydrogens is 126 g/mol. The molecule has 0 bridgehead atoms. The van der Waals surface area contributed by atoms with Crippen LogP contribution in [0.15, 0.2) is 24.3 Å². The Balaban J connectivity index is 2.87. The van der Waals surface area contributed by atoms with E-state index in [2.05, 4.69) is 0 Å². The normalized spacial score (nSPS) is 38.0. The van der Waals surface area contributed by atoms with E-state index in [0.717, 1.165) is 6.29 Å². The average Bonchev–Trinajstić information content (AvgIpc) is 1.96. The van der Waals surface area contributed by atoms with E-state index in [4.69, 9.17) is 5.73 Å². The van der Waals surface area contributed by atoms with Crippen molar-refractivity contribution in [1.82, 2.24) is 0 Å². The fourth-order valence-corrected chi connectivity index (χ4v) is 0.918. The zero-order valence-corrected chi connectivity index (χ0v) is 5.95. The predicted molar refractivity (Wildman–Crippen MR) is 40.4 cm³/mol. The Morgan fingerprint density at radius 3 is 2.70 bits per heavy atom. The first-order valence-corrected chi connectivity index (χ1v) is 3.30. The summed E-state index contributed by atoms with van der Waals surface area (Å²) < 4.78 is 0. The quantitative estimate of drug-likeness (QED) is 0.539. The van der Waals surface area contributed by atoms with Gasteiger partial charge in [0.15, 0.2) is 0 Å². The minimum Gasteiger partial charge on any atom is -0.316 e. The van der Waals surface area contributed by atoms with Gasteiger partial charge < -0.3 is 10.5 Å². The topological polar surface area (TPSA) is 43.1 Å². The molecule has 0 aliphatic heterocycles. The molecule has 0 aromatic heterocycles. The van der Waals surface area contributed by atoms with Gasteiger partial charge in [0.05, 0.1) is 5.54 Å². The fourth-order valence-electron chi connectivity index (χ4n) is 0.918. The van der Waals surface area contributed by atoms with Crippen molar-refractivity contribution in [2.75, 3.05) is 0 Å². The second kappa shape index (κ2) is 2.39. The fraction of sp³-hybridized carbons (Fsp3) is 0.375. The summed E-state index contributed by atoms with van der Waals surface area (Å²) in [6.07, 6.45) is 8.14. The predicted octanol–water partition coefficient (Wildman–Crippen LogP) is 0.645.